The number of hydrogen-bond acceptors (Lipinski definition) is 4. The molecule has 1 fully saturated rings. The molecule has 2 aromatic heterocycles. The van der Waals surface area contributed by atoms with Crippen LogP contribution < -0.4 is 11.1 Å². The fourth-order valence-corrected chi connectivity index (χ4v) is 2.28. The van der Waals surface area contributed by atoms with E-state index in [2.05, 4.69) is 15.3 Å². The summed E-state index contributed by atoms with van der Waals surface area (Å²) in [6.07, 6.45) is 8.87. The van der Waals surface area contributed by atoms with Crippen LogP contribution in [0.3, 0.4) is 0 Å². The Morgan fingerprint density at radius 3 is 3.10 bits per heavy atom. The summed E-state index contributed by atoms with van der Waals surface area (Å²) in [5.74, 6) is 0.636. The second-order valence-corrected chi connectivity index (χ2v) is 5.39. The Kier molecular flexibility index (Phi) is 3.85. The third kappa shape index (κ3) is 3.59. The highest BCUT2D eigenvalue weighted by molar-refractivity contribution is 5.76. The van der Waals surface area contributed by atoms with Gasteiger partial charge in [-0.15, -0.1) is 0 Å². The molecule has 0 spiro atoms. The van der Waals surface area contributed by atoms with Gasteiger partial charge in [-0.3, -0.25) is 4.79 Å². The van der Waals surface area contributed by atoms with E-state index in [0.717, 1.165) is 37.1 Å². The lowest BCUT2D eigenvalue weighted by molar-refractivity contribution is -0.121. The van der Waals surface area contributed by atoms with Gasteiger partial charge in [0.25, 0.3) is 0 Å². The van der Waals surface area contributed by atoms with Crippen LogP contribution in [0.25, 0.3) is 11.3 Å². The average Bonchev–Trinajstić information content (AvgIpc) is 3.14. The Balaban J connectivity index is 1.58. The van der Waals surface area contributed by atoms with Crippen LogP contribution in [-0.4, -0.2) is 26.5 Å². The van der Waals surface area contributed by atoms with Crippen LogP contribution in [0.15, 0.2) is 30.9 Å². The minimum atomic E-state index is 0.146. The molecule has 1 amide bonds. The van der Waals surface area contributed by atoms with Crippen LogP contribution >= 0.6 is 0 Å². The maximum atomic E-state index is 11.7. The van der Waals surface area contributed by atoms with Crippen LogP contribution in [0.1, 0.15) is 25.7 Å². The van der Waals surface area contributed by atoms with Crippen LogP contribution in [0.4, 0.5) is 5.82 Å². The molecule has 1 aliphatic carbocycles. The third-order valence-electron chi connectivity index (χ3n) is 3.53. The Morgan fingerprint density at radius 2 is 2.33 bits per heavy atom. The molecule has 110 valence electrons. The molecular formula is C15H19N5O. The maximum absolute atomic E-state index is 11.7. The van der Waals surface area contributed by atoms with Crippen LogP contribution in [0, 0.1) is 0 Å². The van der Waals surface area contributed by atoms with E-state index < -0.39 is 0 Å². The zero-order valence-corrected chi connectivity index (χ0v) is 11.8. The first kappa shape index (κ1) is 13.6. The lowest BCUT2D eigenvalue weighted by Gasteiger charge is -2.08. The number of hydrogen-bond donors (Lipinski definition) is 2. The van der Waals surface area contributed by atoms with Gasteiger partial charge < -0.3 is 15.6 Å². The van der Waals surface area contributed by atoms with Gasteiger partial charge in [-0.25, -0.2) is 9.97 Å². The van der Waals surface area contributed by atoms with E-state index in [9.17, 15) is 4.79 Å². The Hall–Kier alpha value is -2.37. The van der Waals surface area contributed by atoms with E-state index in [-0.39, 0.29) is 5.91 Å². The normalized spacial score (nSPS) is 14.1. The molecule has 6 nitrogen and oxygen atoms in total. The van der Waals surface area contributed by atoms with E-state index in [1.54, 1.807) is 18.7 Å². The van der Waals surface area contributed by atoms with Crippen LogP contribution in [0.2, 0.25) is 0 Å². The number of rotatable bonds is 6. The summed E-state index contributed by atoms with van der Waals surface area (Å²) in [5.41, 5.74) is 7.69. The van der Waals surface area contributed by atoms with Crippen molar-refractivity contribution in [3.8, 4) is 11.3 Å². The van der Waals surface area contributed by atoms with E-state index >= 15 is 0 Å². The predicted octanol–water partition coefficient (Wildman–Crippen LogP) is 1.59. The molecule has 0 unspecified atom stereocenters. The molecule has 21 heavy (non-hydrogen) atoms. The zero-order chi connectivity index (χ0) is 14.7. The number of nitrogens with one attached hydrogen (secondary N) is 1. The van der Waals surface area contributed by atoms with Crippen molar-refractivity contribution in [1.82, 2.24) is 19.9 Å². The summed E-state index contributed by atoms with van der Waals surface area (Å²) in [4.78, 5) is 19.8. The molecule has 3 rings (SSSR count). The molecule has 2 aromatic rings. The van der Waals surface area contributed by atoms with Gasteiger partial charge in [0, 0.05) is 30.8 Å². The number of carbonyl (C=O) groups is 1. The highest BCUT2D eigenvalue weighted by Gasteiger charge is 2.22. The van der Waals surface area contributed by atoms with E-state index in [1.165, 1.54) is 0 Å². The predicted molar refractivity (Wildman–Crippen MR) is 80.3 cm³/mol. The van der Waals surface area contributed by atoms with Gasteiger partial charge in [0.15, 0.2) is 0 Å². The summed E-state index contributed by atoms with van der Waals surface area (Å²) < 4.78 is 2.04. The van der Waals surface area contributed by atoms with E-state index in [4.69, 9.17) is 5.73 Å². The van der Waals surface area contributed by atoms with Gasteiger partial charge in [-0.2, -0.15) is 0 Å². The fraction of sp³-hybridized carbons (Fsp3) is 0.400. The number of nitrogen functional groups attached to an aromatic ring is 1. The number of aromatic nitrogens is 3. The zero-order valence-electron chi connectivity index (χ0n) is 11.8. The lowest BCUT2D eigenvalue weighted by Crippen LogP contribution is -2.25. The Morgan fingerprint density at radius 1 is 1.48 bits per heavy atom. The second kappa shape index (κ2) is 5.95. The number of amides is 1. The van der Waals surface area contributed by atoms with Gasteiger partial charge in [0.1, 0.15) is 5.82 Å². The topological polar surface area (TPSA) is 85.8 Å². The van der Waals surface area contributed by atoms with Gasteiger partial charge in [-0.05, 0) is 31.4 Å². The molecule has 0 atom stereocenters. The Bertz CT molecular complexity index is 632. The monoisotopic (exact) mass is 285 g/mol. The van der Waals surface area contributed by atoms with Gasteiger partial charge in [0.05, 0.1) is 18.2 Å². The average molecular weight is 285 g/mol. The lowest BCUT2D eigenvalue weighted by atomic mass is 10.2. The number of carbonyl (C=O) groups excluding carboxylic acids is 1. The third-order valence-corrected chi connectivity index (χ3v) is 3.53. The van der Waals surface area contributed by atoms with Crippen molar-refractivity contribution >= 4 is 11.7 Å². The molecule has 0 saturated heterocycles. The number of aryl methyl sites for hydroxylation is 1. The van der Waals surface area contributed by atoms with E-state index in [1.807, 2.05) is 16.7 Å². The maximum Gasteiger partial charge on any atom is 0.220 e. The van der Waals surface area contributed by atoms with Crippen molar-refractivity contribution in [3.63, 3.8) is 0 Å². The summed E-state index contributed by atoms with van der Waals surface area (Å²) in [6.45, 7) is 0.760. The number of imidazole rings is 1. The van der Waals surface area contributed by atoms with Crippen molar-refractivity contribution in [2.75, 3.05) is 5.73 Å². The van der Waals surface area contributed by atoms with E-state index in [0.29, 0.717) is 18.3 Å². The number of pyridine rings is 1. The fourth-order valence-electron chi connectivity index (χ4n) is 2.28. The van der Waals surface area contributed by atoms with Gasteiger partial charge in [-0.1, -0.05) is 0 Å². The molecule has 0 aromatic carbocycles. The number of nitrogens with zero attached hydrogens (tertiary/aromatic N) is 3. The standard InChI is InChI=1S/C15H19N5O/c16-14-8-11(5-6-18-14)13-9-17-10-20(13)7-1-2-15(21)19-12-3-4-12/h5-6,8-10,12H,1-4,7H2,(H2,16,18)(H,19,21). The largest absolute Gasteiger partial charge is 0.384 e. The highest BCUT2D eigenvalue weighted by Crippen LogP contribution is 2.21. The molecule has 6 heteroatoms. The quantitative estimate of drug-likeness (QED) is 0.844. The molecule has 0 aliphatic heterocycles. The molecule has 0 bridgehead atoms. The Labute approximate surface area is 123 Å². The summed E-state index contributed by atoms with van der Waals surface area (Å²) in [7, 11) is 0. The second-order valence-electron chi connectivity index (χ2n) is 5.39. The summed E-state index contributed by atoms with van der Waals surface area (Å²) in [5, 5.41) is 3.00. The molecular weight excluding hydrogens is 266 g/mol. The first-order chi connectivity index (χ1) is 10.2. The van der Waals surface area contributed by atoms with Crippen molar-refractivity contribution in [2.24, 2.45) is 0 Å². The van der Waals surface area contributed by atoms with Crippen LogP contribution in [-0.2, 0) is 11.3 Å². The molecule has 2 heterocycles. The molecule has 3 N–H and O–H groups in total. The van der Waals surface area contributed by atoms with Crippen molar-refractivity contribution in [3.05, 3.63) is 30.9 Å². The first-order valence-electron chi connectivity index (χ1n) is 7.24. The smallest absolute Gasteiger partial charge is 0.220 e. The van der Waals surface area contributed by atoms with Crippen molar-refractivity contribution in [2.45, 2.75) is 38.3 Å². The first-order valence-corrected chi connectivity index (χ1v) is 7.24. The minimum absolute atomic E-state index is 0.146. The highest BCUT2D eigenvalue weighted by atomic mass is 16.1. The van der Waals surface area contributed by atoms with Gasteiger partial charge >= 0.3 is 0 Å². The molecule has 1 aliphatic rings. The van der Waals surface area contributed by atoms with Gasteiger partial charge in [0.2, 0.25) is 5.91 Å². The number of anilines is 1. The minimum Gasteiger partial charge on any atom is -0.384 e. The molecule has 0 radical (unpaired) electrons. The summed E-state index contributed by atoms with van der Waals surface area (Å²) >= 11 is 0. The number of nitrogens with two attached hydrogens (primary N) is 1. The molecule has 1 saturated carbocycles. The SMILES string of the molecule is Nc1cc(-c2cncn2CCCC(=O)NC2CC2)ccn1. The van der Waals surface area contributed by atoms with Crippen molar-refractivity contribution < 1.29 is 4.79 Å². The van der Waals surface area contributed by atoms with Crippen LogP contribution in [0.5, 0.6) is 0 Å². The van der Waals surface area contributed by atoms with Crippen molar-refractivity contribution in [1.29, 1.82) is 0 Å². The summed E-state index contributed by atoms with van der Waals surface area (Å²) in [6, 6.07) is 4.16.